The smallest absolute Gasteiger partial charge is 0.243 e. The molecule has 2 aromatic carbocycles. The van der Waals surface area contributed by atoms with Crippen molar-refractivity contribution in [1.82, 2.24) is 9.62 Å². The Hall–Kier alpha value is -2.22. The maximum absolute atomic E-state index is 13.3. The Morgan fingerprint density at radius 3 is 2.39 bits per heavy atom. The number of carbonyl (C=O) groups excluding carboxylic acids is 1. The number of sulfonamides is 1. The first-order valence-corrected chi connectivity index (χ1v) is 12.5. The quantitative estimate of drug-likeness (QED) is 0.745. The van der Waals surface area contributed by atoms with Crippen molar-refractivity contribution in [1.29, 1.82) is 0 Å². The molecule has 31 heavy (non-hydrogen) atoms. The fourth-order valence-corrected chi connectivity index (χ4v) is 6.10. The lowest BCUT2D eigenvalue weighted by Crippen LogP contribution is -2.48. The van der Waals surface area contributed by atoms with Gasteiger partial charge in [-0.05, 0) is 61.8 Å². The fourth-order valence-electron chi connectivity index (χ4n) is 4.53. The third-order valence-electron chi connectivity index (χ3n) is 6.38. The molecule has 1 atom stereocenters. The Morgan fingerprint density at radius 1 is 0.935 bits per heavy atom. The van der Waals surface area contributed by atoms with Gasteiger partial charge in [-0.3, -0.25) is 4.79 Å². The van der Waals surface area contributed by atoms with Gasteiger partial charge in [-0.25, -0.2) is 8.42 Å². The molecule has 1 amide bonds. The summed E-state index contributed by atoms with van der Waals surface area (Å²) in [4.78, 5) is 13.1. The van der Waals surface area contributed by atoms with E-state index >= 15 is 0 Å². The average Bonchev–Trinajstić information content (AvgIpc) is 2.81. The monoisotopic (exact) mass is 442 g/mol. The third-order valence-corrected chi connectivity index (χ3v) is 8.24. The van der Waals surface area contributed by atoms with Gasteiger partial charge in [0, 0.05) is 19.1 Å². The number of nitrogens with one attached hydrogen (secondary N) is 1. The number of hydrogen-bond donors (Lipinski definition) is 2. The molecule has 0 spiro atoms. The molecule has 0 bridgehead atoms. The van der Waals surface area contributed by atoms with Crippen LogP contribution in [0.25, 0.3) is 11.1 Å². The molecular formula is C24H30N2O4S. The van der Waals surface area contributed by atoms with Crippen molar-refractivity contribution in [2.75, 3.05) is 13.1 Å². The summed E-state index contributed by atoms with van der Waals surface area (Å²) in [6.45, 7) is 0.635. The highest BCUT2D eigenvalue weighted by Crippen LogP contribution is 2.28. The lowest BCUT2D eigenvalue weighted by Gasteiger charge is -2.33. The Balaban J connectivity index is 1.45. The van der Waals surface area contributed by atoms with Crippen LogP contribution in [0.1, 0.15) is 38.5 Å². The Morgan fingerprint density at radius 2 is 1.65 bits per heavy atom. The number of nitrogens with zero attached hydrogens (tertiary/aromatic N) is 1. The highest BCUT2D eigenvalue weighted by Gasteiger charge is 2.34. The van der Waals surface area contributed by atoms with E-state index in [0.29, 0.717) is 32.2 Å². The minimum atomic E-state index is -3.68. The van der Waals surface area contributed by atoms with Gasteiger partial charge in [0.25, 0.3) is 0 Å². The lowest BCUT2D eigenvalue weighted by molar-refractivity contribution is -0.127. The number of carbonyl (C=O) groups is 1. The summed E-state index contributed by atoms with van der Waals surface area (Å²) in [7, 11) is -3.68. The van der Waals surface area contributed by atoms with E-state index in [0.717, 1.165) is 24.0 Å². The summed E-state index contributed by atoms with van der Waals surface area (Å²) in [6.07, 6.45) is 4.04. The predicted octanol–water partition coefficient (Wildman–Crippen LogP) is 3.17. The van der Waals surface area contributed by atoms with Crippen molar-refractivity contribution in [2.45, 2.75) is 55.6 Å². The van der Waals surface area contributed by atoms with Crippen LogP contribution in [-0.4, -0.2) is 49.0 Å². The first kappa shape index (κ1) is 22.0. The van der Waals surface area contributed by atoms with Gasteiger partial charge in [0.2, 0.25) is 15.9 Å². The van der Waals surface area contributed by atoms with E-state index < -0.39 is 10.0 Å². The molecule has 2 N–H and O–H groups in total. The van der Waals surface area contributed by atoms with Gasteiger partial charge in [0.05, 0.1) is 16.9 Å². The van der Waals surface area contributed by atoms with Crippen LogP contribution in [0, 0.1) is 5.92 Å². The molecule has 7 heteroatoms. The SMILES string of the molecule is O=C(NC1CCC(O)CC1)C1CCCN(S(=O)(=O)c2cccc(-c3ccccc3)c2)C1. The average molecular weight is 443 g/mol. The molecule has 1 aliphatic heterocycles. The number of benzene rings is 2. The molecule has 1 saturated carbocycles. The first-order valence-electron chi connectivity index (χ1n) is 11.1. The second-order valence-electron chi connectivity index (χ2n) is 8.61. The van der Waals surface area contributed by atoms with E-state index in [1.165, 1.54) is 4.31 Å². The number of piperidine rings is 1. The number of hydrogen-bond acceptors (Lipinski definition) is 4. The molecule has 1 unspecified atom stereocenters. The van der Waals surface area contributed by atoms with Crippen molar-refractivity contribution in [3.8, 4) is 11.1 Å². The Labute approximate surface area is 184 Å². The van der Waals surface area contributed by atoms with E-state index in [9.17, 15) is 18.3 Å². The molecule has 4 rings (SSSR count). The van der Waals surface area contributed by atoms with Crippen LogP contribution in [0.3, 0.4) is 0 Å². The number of aliphatic hydroxyl groups excluding tert-OH is 1. The van der Waals surface area contributed by atoms with E-state index in [1.807, 2.05) is 36.4 Å². The van der Waals surface area contributed by atoms with Crippen molar-refractivity contribution in [2.24, 2.45) is 5.92 Å². The molecule has 166 valence electrons. The van der Waals surface area contributed by atoms with Crippen LogP contribution >= 0.6 is 0 Å². The van der Waals surface area contributed by atoms with Crippen LogP contribution in [0.4, 0.5) is 0 Å². The van der Waals surface area contributed by atoms with Crippen molar-refractivity contribution in [3.63, 3.8) is 0 Å². The summed E-state index contributed by atoms with van der Waals surface area (Å²) < 4.78 is 28.1. The molecule has 2 aliphatic rings. The summed E-state index contributed by atoms with van der Waals surface area (Å²) in [5.74, 6) is -0.410. The summed E-state index contributed by atoms with van der Waals surface area (Å²) in [5.41, 5.74) is 1.82. The van der Waals surface area contributed by atoms with E-state index in [1.54, 1.807) is 18.2 Å². The number of rotatable bonds is 5. The van der Waals surface area contributed by atoms with Gasteiger partial charge >= 0.3 is 0 Å². The van der Waals surface area contributed by atoms with Crippen LogP contribution in [-0.2, 0) is 14.8 Å². The van der Waals surface area contributed by atoms with Gasteiger partial charge in [-0.15, -0.1) is 0 Å². The van der Waals surface area contributed by atoms with Gasteiger partial charge in [0.1, 0.15) is 0 Å². The normalized spacial score (nSPS) is 25.1. The Kier molecular flexibility index (Phi) is 6.74. The first-order chi connectivity index (χ1) is 14.9. The highest BCUT2D eigenvalue weighted by molar-refractivity contribution is 7.89. The summed E-state index contributed by atoms with van der Waals surface area (Å²) in [6, 6.07) is 16.8. The van der Waals surface area contributed by atoms with Crippen molar-refractivity contribution < 1.29 is 18.3 Å². The zero-order chi connectivity index (χ0) is 21.8. The van der Waals surface area contributed by atoms with Crippen LogP contribution in [0.15, 0.2) is 59.5 Å². The molecule has 0 radical (unpaired) electrons. The minimum Gasteiger partial charge on any atom is -0.393 e. The minimum absolute atomic E-state index is 0.0701. The molecular weight excluding hydrogens is 412 g/mol. The molecule has 0 aromatic heterocycles. The number of amides is 1. The van der Waals surface area contributed by atoms with Crippen LogP contribution < -0.4 is 5.32 Å². The fraction of sp³-hybridized carbons (Fsp3) is 0.458. The lowest BCUT2D eigenvalue weighted by atomic mass is 9.92. The molecule has 2 fully saturated rings. The van der Waals surface area contributed by atoms with Crippen molar-refractivity contribution in [3.05, 3.63) is 54.6 Å². The zero-order valence-electron chi connectivity index (χ0n) is 17.6. The predicted molar refractivity (Wildman–Crippen MR) is 120 cm³/mol. The van der Waals surface area contributed by atoms with Gasteiger partial charge in [0.15, 0.2) is 0 Å². The maximum Gasteiger partial charge on any atom is 0.243 e. The molecule has 1 heterocycles. The van der Waals surface area contributed by atoms with Crippen LogP contribution in [0.2, 0.25) is 0 Å². The van der Waals surface area contributed by atoms with Gasteiger partial charge in [-0.2, -0.15) is 4.31 Å². The van der Waals surface area contributed by atoms with E-state index in [2.05, 4.69) is 5.32 Å². The van der Waals surface area contributed by atoms with E-state index in [-0.39, 0.29) is 35.4 Å². The number of aliphatic hydroxyl groups is 1. The molecule has 1 saturated heterocycles. The second-order valence-corrected chi connectivity index (χ2v) is 10.5. The summed E-state index contributed by atoms with van der Waals surface area (Å²) in [5, 5.41) is 12.7. The van der Waals surface area contributed by atoms with E-state index in [4.69, 9.17) is 0 Å². The maximum atomic E-state index is 13.3. The Bertz CT molecular complexity index is 1000. The highest BCUT2D eigenvalue weighted by atomic mass is 32.2. The zero-order valence-corrected chi connectivity index (χ0v) is 18.4. The third kappa shape index (κ3) is 5.17. The molecule has 6 nitrogen and oxygen atoms in total. The van der Waals surface area contributed by atoms with Crippen molar-refractivity contribution >= 4 is 15.9 Å². The standard InChI is InChI=1S/C24H30N2O4S/c27-22-13-11-21(12-14-22)25-24(28)20-9-5-15-26(17-20)31(29,30)23-10-4-8-19(16-23)18-6-2-1-3-7-18/h1-4,6-8,10,16,20-22,27H,5,9,11-15,17H2,(H,25,28). The molecule has 1 aliphatic carbocycles. The van der Waals surface area contributed by atoms with Gasteiger partial charge in [-0.1, -0.05) is 42.5 Å². The van der Waals surface area contributed by atoms with Gasteiger partial charge < -0.3 is 10.4 Å². The van der Waals surface area contributed by atoms with Crippen LogP contribution in [0.5, 0.6) is 0 Å². The second kappa shape index (κ2) is 9.51. The summed E-state index contributed by atoms with van der Waals surface area (Å²) >= 11 is 0. The molecule has 2 aromatic rings. The topological polar surface area (TPSA) is 86.7 Å². The largest absolute Gasteiger partial charge is 0.393 e.